The zero-order valence-corrected chi connectivity index (χ0v) is 11.9. The van der Waals surface area contributed by atoms with Gasteiger partial charge in [-0.05, 0) is 38.0 Å². The van der Waals surface area contributed by atoms with Crippen LogP contribution in [0.4, 0.5) is 0 Å². The van der Waals surface area contributed by atoms with E-state index in [0.717, 1.165) is 11.4 Å². The van der Waals surface area contributed by atoms with E-state index in [1.54, 1.807) is 4.90 Å². The van der Waals surface area contributed by atoms with Gasteiger partial charge in [0.15, 0.2) is 0 Å². The number of nitrogens with zero attached hydrogens (tertiary/aromatic N) is 1. The van der Waals surface area contributed by atoms with E-state index >= 15 is 0 Å². The van der Waals surface area contributed by atoms with Gasteiger partial charge in [0.1, 0.15) is 0 Å². The maximum Gasteiger partial charge on any atom is 0.224 e. The predicted molar refractivity (Wildman–Crippen MR) is 75.7 cm³/mol. The van der Waals surface area contributed by atoms with Crippen molar-refractivity contribution in [3.8, 4) is 0 Å². The standard InChI is InChI=1S/C14H21ClN2O/c1-10(16)8-14(18)17(3)11(2)9-12-4-6-13(15)7-5-12/h4-7,10-11H,8-9,16H2,1-3H3. The minimum Gasteiger partial charge on any atom is -0.343 e. The molecule has 0 bridgehead atoms. The van der Waals surface area contributed by atoms with E-state index in [9.17, 15) is 4.79 Å². The molecule has 2 unspecified atom stereocenters. The Morgan fingerprint density at radius 3 is 2.39 bits per heavy atom. The van der Waals surface area contributed by atoms with Crippen molar-refractivity contribution in [2.24, 2.45) is 5.73 Å². The molecule has 1 rings (SSSR count). The quantitative estimate of drug-likeness (QED) is 0.892. The van der Waals surface area contributed by atoms with E-state index in [1.807, 2.05) is 45.2 Å². The number of likely N-dealkylation sites (N-methyl/N-ethyl adjacent to an activating group) is 1. The van der Waals surface area contributed by atoms with Crippen molar-refractivity contribution in [1.82, 2.24) is 4.90 Å². The second kappa shape index (κ2) is 6.76. The molecule has 18 heavy (non-hydrogen) atoms. The SMILES string of the molecule is CC(N)CC(=O)N(C)C(C)Cc1ccc(Cl)cc1. The van der Waals surface area contributed by atoms with Gasteiger partial charge in [0.05, 0.1) is 0 Å². The fourth-order valence-corrected chi connectivity index (χ4v) is 1.89. The van der Waals surface area contributed by atoms with E-state index in [2.05, 4.69) is 0 Å². The molecule has 0 fully saturated rings. The average molecular weight is 269 g/mol. The largest absolute Gasteiger partial charge is 0.343 e. The zero-order chi connectivity index (χ0) is 13.7. The van der Waals surface area contributed by atoms with Crippen LogP contribution in [0.1, 0.15) is 25.8 Å². The van der Waals surface area contributed by atoms with E-state index in [0.29, 0.717) is 6.42 Å². The first-order chi connectivity index (χ1) is 8.40. The maximum absolute atomic E-state index is 11.9. The van der Waals surface area contributed by atoms with Crippen molar-refractivity contribution in [3.05, 3.63) is 34.9 Å². The van der Waals surface area contributed by atoms with Crippen LogP contribution in [0, 0.1) is 0 Å². The van der Waals surface area contributed by atoms with Gasteiger partial charge in [0.2, 0.25) is 5.91 Å². The number of rotatable bonds is 5. The number of halogens is 1. The van der Waals surface area contributed by atoms with Crippen molar-refractivity contribution in [1.29, 1.82) is 0 Å². The zero-order valence-electron chi connectivity index (χ0n) is 11.2. The Bertz CT molecular complexity index is 389. The van der Waals surface area contributed by atoms with E-state index in [4.69, 9.17) is 17.3 Å². The number of benzene rings is 1. The number of nitrogens with two attached hydrogens (primary N) is 1. The molecule has 2 atom stereocenters. The van der Waals surface area contributed by atoms with Crippen molar-refractivity contribution in [2.45, 2.75) is 38.8 Å². The van der Waals surface area contributed by atoms with Gasteiger partial charge in [-0.2, -0.15) is 0 Å². The summed E-state index contributed by atoms with van der Waals surface area (Å²) in [5.74, 6) is 0.0893. The lowest BCUT2D eigenvalue weighted by Crippen LogP contribution is -2.38. The van der Waals surface area contributed by atoms with Crippen molar-refractivity contribution in [2.75, 3.05) is 7.05 Å². The Balaban J connectivity index is 2.56. The van der Waals surface area contributed by atoms with Crippen LogP contribution in [0.5, 0.6) is 0 Å². The maximum atomic E-state index is 11.9. The first kappa shape index (κ1) is 15.0. The fraction of sp³-hybridized carbons (Fsp3) is 0.500. The molecule has 2 N–H and O–H groups in total. The van der Waals surface area contributed by atoms with Crippen molar-refractivity contribution >= 4 is 17.5 Å². The third kappa shape index (κ3) is 4.67. The van der Waals surface area contributed by atoms with Crippen LogP contribution in [0.15, 0.2) is 24.3 Å². The third-order valence-electron chi connectivity index (χ3n) is 3.00. The van der Waals surface area contributed by atoms with Crippen LogP contribution in [0.3, 0.4) is 0 Å². The number of hydrogen-bond donors (Lipinski definition) is 1. The van der Waals surface area contributed by atoms with Gasteiger partial charge in [-0.3, -0.25) is 4.79 Å². The van der Waals surface area contributed by atoms with Gasteiger partial charge in [-0.25, -0.2) is 0 Å². The second-order valence-electron chi connectivity index (χ2n) is 4.87. The number of hydrogen-bond acceptors (Lipinski definition) is 2. The third-order valence-corrected chi connectivity index (χ3v) is 3.25. The molecule has 0 saturated carbocycles. The fourth-order valence-electron chi connectivity index (χ4n) is 1.76. The average Bonchev–Trinajstić information content (AvgIpc) is 2.30. The highest BCUT2D eigenvalue weighted by atomic mass is 35.5. The minimum atomic E-state index is -0.0947. The molecule has 100 valence electrons. The second-order valence-corrected chi connectivity index (χ2v) is 5.30. The van der Waals surface area contributed by atoms with Gasteiger partial charge in [-0.15, -0.1) is 0 Å². The lowest BCUT2D eigenvalue weighted by atomic mass is 10.1. The summed E-state index contributed by atoms with van der Waals surface area (Å²) in [6.07, 6.45) is 1.21. The van der Waals surface area contributed by atoms with Crippen LogP contribution >= 0.6 is 11.6 Å². The van der Waals surface area contributed by atoms with E-state index < -0.39 is 0 Å². The monoisotopic (exact) mass is 268 g/mol. The highest BCUT2D eigenvalue weighted by molar-refractivity contribution is 6.30. The molecule has 1 aromatic rings. The molecule has 0 heterocycles. The summed E-state index contributed by atoms with van der Waals surface area (Å²) in [7, 11) is 1.82. The Morgan fingerprint density at radius 1 is 1.33 bits per heavy atom. The molecular formula is C14H21ClN2O. The molecule has 4 heteroatoms. The Labute approximate surface area is 114 Å². The van der Waals surface area contributed by atoms with Crippen molar-refractivity contribution < 1.29 is 4.79 Å². The lowest BCUT2D eigenvalue weighted by Gasteiger charge is -2.26. The molecule has 1 amide bonds. The predicted octanol–water partition coefficient (Wildman–Crippen LogP) is 2.47. The molecule has 0 saturated heterocycles. The van der Waals surface area contributed by atoms with Gasteiger partial charge in [0.25, 0.3) is 0 Å². The molecule has 3 nitrogen and oxygen atoms in total. The minimum absolute atomic E-state index is 0.0893. The first-order valence-corrected chi connectivity index (χ1v) is 6.53. The summed E-state index contributed by atoms with van der Waals surface area (Å²) < 4.78 is 0. The summed E-state index contributed by atoms with van der Waals surface area (Å²) >= 11 is 5.84. The highest BCUT2D eigenvalue weighted by Gasteiger charge is 2.17. The summed E-state index contributed by atoms with van der Waals surface area (Å²) in [4.78, 5) is 13.6. The van der Waals surface area contributed by atoms with E-state index in [1.165, 1.54) is 5.56 Å². The number of amides is 1. The van der Waals surface area contributed by atoms with E-state index in [-0.39, 0.29) is 18.0 Å². The summed E-state index contributed by atoms with van der Waals surface area (Å²) in [6, 6.07) is 7.77. The van der Waals surface area contributed by atoms with Gasteiger partial charge in [-0.1, -0.05) is 23.7 Å². The number of carbonyl (C=O) groups is 1. The van der Waals surface area contributed by atoms with Gasteiger partial charge < -0.3 is 10.6 Å². The molecule has 0 radical (unpaired) electrons. The summed E-state index contributed by atoms with van der Waals surface area (Å²) in [5.41, 5.74) is 6.81. The van der Waals surface area contributed by atoms with Gasteiger partial charge >= 0.3 is 0 Å². The Kier molecular flexibility index (Phi) is 5.63. The molecule has 0 aliphatic rings. The van der Waals surface area contributed by atoms with Crippen LogP contribution in [-0.2, 0) is 11.2 Å². The summed E-state index contributed by atoms with van der Waals surface area (Å²) in [6.45, 7) is 3.88. The van der Waals surface area contributed by atoms with Gasteiger partial charge in [0, 0.05) is 30.6 Å². The molecule has 0 spiro atoms. The lowest BCUT2D eigenvalue weighted by molar-refractivity contribution is -0.131. The summed E-state index contributed by atoms with van der Waals surface area (Å²) in [5, 5.41) is 0.729. The van der Waals surface area contributed by atoms with Crippen LogP contribution in [-0.4, -0.2) is 29.9 Å². The van der Waals surface area contributed by atoms with Crippen LogP contribution in [0.2, 0.25) is 5.02 Å². The van der Waals surface area contributed by atoms with Crippen LogP contribution in [0.25, 0.3) is 0 Å². The molecule has 0 aromatic heterocycles. The molecule has 1 aromatic carbocycles. The first-order valence-electron chi connectivity index (χ1n) is 6.16. The molecule has 0 aliphatic heterocycles. The molecule has 0 aliphatic carbocycles. The topological polar surface area (TPSA) is 46.3 Å². The normalized spacial score (nSPS) is 14.1. The highest BCUT2D eigenvalue weighted by Crippen LogP contribution is 2.13. The smallest absolute Gasteiger partial charge is 0.224 e. The molecular weight excluding hydrogens is 248 g/mol. The Hall–Kier alpha value is -1.06. The Morgan fingerprint density at radius 2 is 1.89 bits per heavy atom. The van der Waals surface area contributed by atoms with Crippen molar-refractivity contribution in [3.63, 3.8) is 0 Å². The van der Waals surface area contributed by atoms with Crippen LogP contribution < -0.4 is 5.73 Å². The number of carbonyl (C=O) groups excluding carboxylic acids is 1.